The van der Waals surface area contributed by atoms with Crippen LogP contribution in [0.1, 0.15) is 17.3 Å². The molecule has 0 atom stereocenters. The molecule has 154 valence electrons. The van der Waals surface area contributed by atoms with Crippen molar-refractivity contribution in [3.05, 3.63) is 65.8 Å². The fourth-order valence-electron chi connectivity index (χ4n) is 2.91. The largest absolute Gasteiger partial charge is 0.497 e. The molecule has 4 rings (SSSR count). The van der Waals surface area contributed by atoms with Crippen LogP contribution in [0.2, 0.25) is 0 Å². The monoisotopic (exact) mass is 423 g/mol. The number of benzene rings is 2. The molecular formula is C21H21N5O3S. The Labute approximate surface area is 177 Å². The third-order valence-corrected chi connectivity index (χ3v) is 5.23. The summed E-state index contributed by atoms with van der Waals surface area (Å²) >= 11 is 1.22. The zero-order valence-corrected chi connectivity index (χ0v) is 17.2. The van der Waals surface area contributed by atoms with Gasteiger partial charge in [0.2, 0.25) is 11.8 Å². The quantitative estimate of drug-likeness (QED) is 0.398. The Hall–Kier alpha value is -3.33. The van der Waals surface area contributed by atoms with Crippen LogP contribution < -0.4 is 10.1 Å². The number of thioether (sulfide) groups is 1. The summed E-state index contributed by atoms with van der Waals surface area (Å²) in [5.74, 6) is 2.26. The number of carbonyl (C=O) groups excluding carboxylic acids is 1. The molecule has 0 aliphatic rings. The van der Waals surface area contributed by atoms with Crippen LogP contribution in [-0.4, -0.2) is 38.9 Å². The SMILES string of the molecule is COc1cccc(CNC(=O)CSc2nnc(CCc3nc4ccccc4[nH]3)o2)c1. The number of hydrogen-bond donors (Lipinski definition) is 2. The molecule has 2 aromatic carbocycles. The molecule has 0 bridgehead atoms. The molecule has 2 N–H and O–H groups in total. The summed E-state index contributed by atoms with van der Waals surface area (Å²) in [5.41, 5.74) is 2.92. The molecular weight excluding hydrogens is 402 g/mol. The number of hydrogen-bond acceptors (Lipinski definition) is 7. The van der Waals surface area contributed by atoms with Gasteiger partial charge in [0.15, 0.2) is 0 Å². The van der Waals surface area contributed by atoms with Crippen LogP contribution in [0.15, 0.2) is 58.2 Å². The lowest BCUT2D eigenvalue weighted by molar-refractivity contribution is -0.118. The zero-order valence-electron chi connectivity index (χ0n) is 16.4. The zero-order chi connectivity index (χ0) is 20.8. The van der Waals surface area contributed by atoms with Crippen molar-refractivity contribution >= 4 is 28.7 Å². The predicted molar refractivity (Wildman–Crippen MR) is 113 cm³/mol. The van der Waals surface area contributed by atoms with Crippen molar-refractivity contribution in [2.45, 2.75) is 24.6 Å². The van der Waals surface area contributed by atoms with Gasteiger partial charge in [-0.2, -0.15) is 0 Å². The average molecular weight is 423 g/mol. The minimum Gasteiger partial charge on any atom is -0.497 e. The maximum Gasteiger partial charge on any atom is 0.277 e. The Kier molecular flexibility index (Phi) is 6.29. The molecule has 8 nitrogen and oxygen atoms in total. The van der Waals surface area contributed by atoms with Gasteiger partial charge in [-0.15, -0.1) is 10.2 Å². The van der Waals surface area contributed by atoms with E-state index >= 15 is 0 Å². The van der Waals surface area contributed by atoms with Gasteiger partial charge < -0.3 is 19.5 Å². The number of nitrogens with one attached hydrogen (secondary N) is 2. The fourth-order valence-corrected chi connectivity index (χ4v) is 3.52. The summed E-state index contributed by atoms with van der Waals surface area (Å²) in [5, 5.41) is 11.3. The second-order valence-corrected chi connectivity index (χ2v) is 7.51. The van der Waals surface area contributed by atoms with Crippen molar-refractivity contribution < 1.29 is 13.9 Å². The van der Waals surface area contributed by atoms with Crippen LogP contribution in [0, 0.1) is 0 Å². The third kappa shape index (κ3) is 5.18. The smallest absolute Gasteiger partial charge is 0.277 e. The van der Waals surface area contributed by atoms with E-state index in [2.05, 4.69) is 25.5 Å². The molecule has 4 aromatic rings. The molecule has 9 heteroatoms. The van der Waals surface area contributed by atoms with Gasteiger partial charge in [0.25, 0.3) is 5.22 Å². The number of aromatic nitrogens is 4. The summed E-state index contributed by atoms with van der Waals surface area (Å²) in [6, 6.07) is 15.5. The highest BCUT2D eigenvalue weighted by molar-refractivity contribution is 7.99. The van der Waals surface area contributed by atoms with E-state index in [0.29, 0.717) is 30.5 Å². The second kappa shape index (κ2) is 9.45. The van der Waals surface area contributed by atoms with Gasteiger partial charge in [-0.1, -0.05) is 36.0 Å². The molecule has 1 amide bonds. The number of nitrogens with zero attached hydrogens (tertiary/aromatic N) is 3. The molecule has 0 radical (unpaired) electrons. The summed E-state index contributed by atoms with van der Waals surface area (Å²) < 4.78 is 10.8. The molecule has 0 saturated carbocycles. The number of methoxy groups -OCH3 is 1. The first-order chi connectivity index (χ1) is 14.7. The highest BCUT2D eigenvalue weighted by Gasteiger charge is 2.11. The van der Waals surface area contributed by atoms with Crippen LogP contribution in [-0.2, 0) is 24.2 Å². The number of aryl methyl sites for hydroxylation is 2. The van der Waals surface area contributed by atoms with Crippen molar-refractivity contribution in [3.63, 3.8) is 0 Å². The molecule has 0 spiro atoms. The van der Waals surface area contributed by atoms with E-state index < -0.39 is 0 Å². The van der Waals surface area contributed by atoms with Crippen molar-refractivity contribution in [2.75, 3.05) is 12.9 Å². The Bertz CT molecular complexity index is 1110. The third-order valence-electron chi connectivity index (χ3n) is 4.41. The van der Waals surface area contributed by atoms with E-state index in [-0.39, 0.29) is 11.7 Å². The van der Waals surface area contributed by atoms with Crippen LogP contribution in [0.3, 0.4) is 0 Å². The standard InChI is InChI=1S/C21H21N5O3S/c1-28-15-6-4-5-14(11-15)12-22-19(27)13-30-21-26-25-20(29-21)10-9-18-23-16-7-2-3-8-17(16)24-18/h2-8,11H,9-10,12-13H2,1H3,(H,22,27)(H,23,24). The molecule has 0 unspecified atom stereocenters. The average Bonchev–Trinajstić information content (AvgIpc) is 3.41. The van der Waals surface area contributed by atoms with E-state index in [4.69, 9.17) is 9.15 Å². The summed E-state index contributed by atoms with van der Waals surface area (Å²) in [4.78, 5) is 19.9. The van der Waals surface area contributed by atoms with Gasteiger partial charge in [0.05, 0.1) is 23.9 Å². The lowest BCUT2D eigenvalue weighted by atomic mass is 10.2. The number of amides is 1. The first kappa shape index (κ1) is 20.0. The maximum atomic E-state index is 12.1. The molecule has 0 aliphatic carbocycles. The molecule has 2 aromatic heterocycles. The summed E-state index contributed by atoms with van der Waals surface area (Å²) in [6.45, 7) is 0.434. The van der Waals surface area contributed by atoms with Crippen molar-refractivity contribution in [1.82, 2.24) is 25.5 Å². The van der Waals surface area contributed by atoms with Gasteiger partial charge >= 0.3 is 0 Å². The number of ether oxygens (including phenoxy) is 1. The van der Waals surface area contributed by atoms with Crippen molar-refractivity contribution in [3.8, 4) is 5.75 Å². The van der Waals surface area contributed by atoms with Gasteiger partial charge in [-0.05, 0) is 29.8 Å². The van der Waals surface area contributed by atoms with Crippen LogP contribution >= 0.6 is 11.8 Å². The number of H-pyrrole nitrogens is 1. The lowest BCUT2D eigenvalue weighted by Crippen LogP contribution is -2.24. The van der Waals surface area contributed by atoms with E-state index in [1.165, 1.54) is 11.8 Å². The Morgan fingerprint density at radius 2 is 2.07 bits per heavy atom. The summed E-state index contributed by atoms with van der Waals surface area (Å²) in [6.07, 6.45) is 1.25. The Balaban J connectivity index is 1.22. The number of carbonyl (C=O) groups is 1. The first-order valence-electron chi connectivity index (χ1n) is 9.48. The number of aromatic amines is 1. The minimum absolute atomic E-state index is 0.107. The van der Waals surface area contributed by atoms with Gasteiger partial charge in [0, 0.05) is 19.4 Å². The molecule has 30 heavy (non-hydrogen) atoms. The number of rotatable bonds is 9. The number of fused-ring (bicyclic) bond motifs is 1. The molecule has 0 aliphatic heterocycles. The normalized spacial score (nSPS) is 11.0. The molecule has 2 heterocycles. The maximum absolute atomic E-state index is 12.1. The second-order valence-electron chi connectivity index (χ2n) is 6.58. The Morgan fingerprint density at radius 3 is 2.93 bits per heavy atom. The fraction of sp³-hybridized carbons (Fsp3) is 0.238. The minimum atomic E-state index is -0.107. The van der Waals surface area contributed by atoms with Crippen LogP contribution in [0.4, 0.5) is 0 Å². The van der Waals surface area contributed by atoms with Gasteiger partial charge in [-0.3, -0.25) is 4.79 Å². The van der Waals surface area contributed by atoms with E-state index in [1.807, 2.05) is 48.5 Å². The highest BCUT2D eigenvalue weighted by Crippen LogP contribution is 2.18. The lowest BCUT2D eigenvalue weighted by Gasteiger charge is -2.06. The number of para-hydroxylation sites is 2. The van der Waals surface area contributed by atoms with E-state index in [1.54, 1.807) is 7.11 Å². The van der Waals surface area contributed by atoms with Crippen molar-refractivity contribution in [1.29, 1.82) is 0 Å². The van der Waals surface area contributed by atoms with E-state index in [9.17, 15) is 4.79 Å². The Morgan fingerprint density at radius 1 is 1.17 bits per heavy atom. The molecule has 0 fully saturated rings. The summed E-state index contributed by atoms with van der Waals surface area (Å²) in [7, 11) is 1.61. The van der Waals surface area contributed by atoms with Gasteiger partial charge in [0.1, 0.15) is 11.6 Å². The van der Waals surface area contributed by atoms with Gasteiger partial charge in [-0.25, -0.2) is 4.98 Å². The number of imidazole rings is 1. The predicted octanol–water partition coefficient (Wildman–Crippen LogP) is 3.15. The highest BCUT2D eigenvalue weighted by atomic mass is 32.2. The van der Waals surface area contributed by atoms with E-state index in [0.717, 1.165) is 28.2 Å². The van der Waals surface area contributed by atoms with Crippen LogP contribution in [0.5, 0.6) is 5.75 Å². The van der Waals surface area contributed by atoms with Crippen molar-refractivity contribution in [2.24, 2.45) is 0 Å². The first-order valence-corrected chi connectivity index (χ1v) is 10.5. The topological polar surface area (TPSA) is 106 Å². The van der Waals surface area contributed by atoms with Crippen LogP contribution in [0.25, 0.3) is 11.0 Å². The molecule has 0 saturated heterocycles.